The molecule has 0 amide bonds. The van der Waals surface area contributed by atoms with Crippen LogP contribution in [0.3, 0.4) is 0 Å². The lowest BCUT2D eigenvalue weighted by Crippen LogP contribution is -1.96. The molecular weight excluding hydrogens is 344 g/mol. The number of nitrogens with zero attached hydrogens (tertiary/aromatic N) is 2. The first-order valence-corrected chi connectivity index (χ1v) is 9.17. The molecule has 0 N–H and O–H groups in total. The van der Waals surface area contributed by atoms with Crippen LogP contribution in [0.4, 0.5) is 0 Å². The molecule has 0 aliphatic rings. The Hall–Kier alpha value is -2.87. The molecule has 0 aliphatic carbocycles. The number of hydrogen-bond acceptors (Lipinski definition) is 7. The summed E-state index contributed by atoms with van der Waals surface area (Å²) in [6, 6.07) is 10.5. The smallest absolute Gasteiger partial charge is 0.315 e. The molecule has 7 nitrogen and oxygen atoms in total. The number of sulfone groups is 1. The molecular formula is C17H16N2O5S. The number of pyridine rings is 1. The van der Waals surface area contributed by atoms with E-state index in [1.54, 1.807) is 49.7 Å². The molecule has 2 heterocycles. The fraction of sp³-hybridized carbons (Fsp3) is 0.176. The Bertz CT molecular complexity index is 912. The SMILES string of the molecule is COc1ccc(-c2oc(S(C)(=O)=O)nc2-c2ccc(OC)nc2)cc1. The highest BCUT2D eigenvalue weighted by Gasteiger charge is 2.23. The molecule has 0 saturated heterocycles. The van der Waals surface area contributed by atoms with Crippen LogP contribution in [-0.2, 0) is 9.84 Å². The van der Waals surface area contributed by atoms with Gasteiger partial charge in [0, 0.05) is 29.6 Å². The largest absolute Gasteiger partial charge is 0.497 e. The second kappa shape index (κ2) is 6.56. The minimum absolute atomic E-state index is 0.343. The predicted molar refractivity (Wildman–Crippen MR) is 91.4 cm³/mol. The van der Waals surface area contributed by atoms with Gasteiger partial charge in [-0.25, -0.2) is 13.4 Å². The van der Waals surface area contributed by atoms with E-state index >= 15 is 0 Å². The Morgan fingerprint density at radius 3 is 2.16 bits per heavy atom. The summed E-state index contributed by atoms with van der Waals surface area (Å²) in [7, 11) is -0.508. The predicted octanol–water partition coefficient (Wildman–Crippen LogP) is 2.82. The highest BCUT2D eigenvalue weighted by Crippen LogP contribution is 2.34. The Kier molecular flexibility index (Phi) is 4.45. The third kappa shape index (κ3) is 3.48. The fourth-order valence-corrected chi connectivity index (χ4v) is 2.73. The molecule has 1 aromatic carbocycles. The van der Waals surface area contributed by atoms with E-state index in [9.17, 15) is 8.42 Å². The van der Waals surface area contributed by atoms with E-state index in [-0.39, 0.29) is 5.22 Å². The van der Waals surface area contributed by atoms with Crippen LogP contribution in [0.25, 0.3) is 22.6 Å². The number of hydrogen-bond donors (Lipinski definition) is 0. The first-order chi connectivity index (χ1) is 11.9. The van der Waals surface area contributed by atoms with Gasteiger partial charge in [0.05, 0.1) is 14.2 Å². The normalized spacial score (nSPS) is 11.3. The van der Waals surface area contributed by atoms with Gasteiger partial charge < -0.3 is 13.9 Å². The van der Waals surface area contributed by atoms with Crippen LogP contribution < -0.4 is 9.47 Å². The number of rotatable bonds is 5. The van der Waals surface area contributed by atoms with Crippen LogP contribution in [0.15, 0.2) is 52.2 Å². The average molecular weight is 360 g/mol. The van der Waals surface area contributed by atoms with Crippen molar-refractivity contribution in [1.29, 1.82) is 0 Å². The second-order valence-electron chi connectivity index (χ2n) is 5.25. The van der Waals surface area contributed by atoms with E-state index in [0.29, 0.717) is 34.2 Å². The minimum atomic E-state index is -3.59. The zero-order chi connectivity index (χ0) is 18.0. The van der Waals surface area contributed by atoms with Crippen LogP contribution in [0.1, 0.15) is 0 Å². The van der Waals surface area contributed by atoms with Gasteiger partial charge in [-0.1, -0.05) is 0 Å². The Morgan fingerprint density at radius 1 is 0.960 bits per heavy atom. The summed E-state index contributed by atoms with van der Waals surface area (Å²) in [5, 5.41) is -0.343. The van der Waals surface area contributed by atoms with Crippen molar-refractivity contribution in [3.8, 4) is 34.2 Å². The van der Waals surface area contributed by atoms with Crippen molar-refractivity contribution >= 4 is 9.84 Å². The van der Waals surface area contributed by atoms with Gasteiger partial charge in [0.15, 0.2) is 5.76 Å². The molecule has 0 unspecified atom stereocenters. The third-order valence-electron chi connectivity index (χ3n) is 3.50. The van der Waals surface area contributed by atoms with Gasteiger partial charge in [0.25, 0.3) is 0 Å². The summed E-state index contributed by atoms with van der Waals surface area (Å²) in [5.74, 6) is 1.47. The molecule has 25 heavy (non-hydrogen) atoms. The van der Waals surface area contributed by atoms with Crippen molar-refractivity contribution in [2.24, 2.45) is 0 Å². The molecule has 2 aromatic heterocycles. The fourth-order valence-electron chi connectivity index (χ4n) is 2.23. The van der Waals surface area contributed by atoms with Crippen molar-refractivity contribution in [2.75, 3.05) is 20.5 Å². The third-order valence-corrected chi connectivity index (χ3v) is 4.30. The molecule has 3 rings (SSSR count). The van der Waals surface area contributed by atoms with Gasteiger partial charge in [-0.2, -0.15) is 4.98 Å². The van der Waals surface area contributed by atoms with Crippen LogP contribution in [0, 0.1) is 0 Å². The van der Waals surface area contributed by atoms with E-state index in [1.807, 2.05) is 0 Å². The summed E-state index contributed by atoms with van der Waals surface area (Å²) in [6.07, 6.45) is 2.60. The van der Waals surface area contributed by atoms with E-state index in [4.69, 9.17) is 13.9 Å². The lowest BCUT2D eigenvalue weighted by atomic mass is 10.1. The molecule has 0 radical (unpaired) electrons. The summed E-state index contributed by atoms with van der Waals surface area (Å²) in [5.41, 5.74) is 1.68. The maximum Gasteiger partial charge on any atom is 0.315 e. The summed E-state index contributed by atoms with van der Waals surface area (Å²) >= 11 is 0. The maximum absolute atomic E-state index is 11.9. The quantitative estimate of drug-likeness (QED) is 0.691. The Morgan fingerprint density at radius 2 is 1.64 bits per heavy atom. The molecule has 130 valence electrons. The summed E-state index contributed by atoms with van der Waals surface area (Å²) in [6.45, 7) is 0. The standard InChI is InChI=1S/C17H16N2O5S/c1-22-13-7-4-11(5-8-13)16-15(19-17(24-16)25(3,20)21)12-6-9-14(23-2)18-10-12/h4-10H,1-3H3. The first-order valence-electron chi connectivity index (χ1n) is 7.28. The number of benzene rings is 1. The van der Waals surface area contributed by atoms with Gasteiger partial charge in [-0.15, -0.1) is 0 Å². The maximum atomic E-state index is 11.9. The molecule has 0 spiro atoms. The number of oxazole rings is 1. The van der Waals surface area contributed by atoms with Gasteiger partial charge >= 0.3 is 5.22 Å². The number of aromatic nitrogens is 2. The summed E-state index contributed by atoms with van der Waals surface area (Å²) in [4.78, 5) is 8.29. The molecule has 3 aromatic rings. The first kappa shape index (κ1) is 17.0. The molecule has 0 aliphatic heterocycles. The van der Waals surface area contributed by atoms with E-state index in [2.05, 4.69) is 9.97 Å². The monoisotopic (exact) mass is 360 g/mol. The van der Waals surface area contributed by atoms with E-state index in [0.717, 1.165) is 6.26 Å². The van der Waals surface area contributed by atoms with Crippen LogP contribution in [0.2, 0.25) is 0 Å². The van der Waals surface area contributed by atoms with E-state index in [1.165, 1.54) is 7.11 Å². The molecule has 8 heteroatoms. The van der Waals surface area contributed by atoms with Gasteiger partial charge in [0.1, 0.15) is 11.4 Å². The Balaban J connectivity index is 2.16. The highest BCUT2D eigenvalue weighted by atomic mass is 32.2. The minimum Gasteiger partial charge on any atom is -0.497 e. The van der Waals surface area contributed by atoms with Crippen LogP contribution >= 0.6 is 0 Å². The van der Waals surface area contributed by atoms with Gasteiger partial charge in [-0.05, 0) is 30.3 Å². The van der Waals surface area contributed by atoms with Crippen LogP contribution in [0.5, 0.6) is 11.6 Å². The lowest BCUT2D eigenvalue weighted by molar-refractivity contribution is 0.398. The molecule has 0 saturated carbocycles. The zero-order valence-corrected chi connectivity index (χ0v) is 14.7. The van der Waals surface area contributed by atoms with Crippen molar-refractivity contribution < 1.29 is 22.3 Å². The summed E-state index contributed by atoms with van der Waals surface area (Å²) < 4.78 is 39.4. The van der Waals surface area contributed by atoms with Crippen molar-refractivity contribution in [3.05, 3.63) is 42.6 Å². The number of methoxy groups -OCH3 is 2. The van der Waals surface area contributed by atoms with Gasteiger partial charge in [-0.3, -0.25) is 0 Å². The lowest BCUT2D eigenvalue weighted by Gasteiger charge is -2.04. The second-order valence-corrected chi connectivity index (χ2v) is 7.14. The van der Waals surface area contributed by atoms with Gasteiger partial charge in [0.2, 0.25) is 15.7 Å². The number of ether oxygens (including phenoxy) is 2. The van der Waals surface area contributed by atoms with Crippen molar-refractivity contribution in [2.45, 2.75) is 5.22 Å². The Labute approximate surface area is 145 Å². The topological polar surface area (TPSA) is 91.5 Å². The highest BCUT2D eigenvalue weighted by molar-refractivity contribution is 7.90. The van der Waals surface area contributed by atoms with Crippen molar-refractivity contribution in [3.63, 3.8) is 0 Å². The zero-order valence-electron chi connectivity index (χ0n) is 13.9. The average Bonchev–Trinajstić information content (AvgIpc) is 3.07. The molecule has 0 atom stereocenters. The van der Waals surface area contributed by atoms with E-state index < -0.39 is 9.84 Å². The molecule has 0 fully saturated rings. The van der Waals surface area contributed by atoms with Crippen LogP contribution in [-0.4, -0.2) is 38.9 Å². The molecule has 0 bridgehead atoms. The van der Waals surface area contributed by atoms with Crippen molar-refractivity contribution in [1.82, 2.24) is 9.97 Å².